The second-order valence-electron chi connectivity index (χ2n) is 8.35. The highest BCUT2D eigenvalue weighted by molar-refractivity contribution is 7.92. The highest BCUT2D eigenvalue weighted by atomic mass is 32.2. The van der Waals surface area contributed by atoms with Crippen LogP contribution in [0, 0.1) is 6.92 Å². The van der Waals surface area contributed by atoms with E-state index < -0.39 is 22.0 Å². The van der Waals surface area contributed by atoms with E-state index in [1.165, 1.54) is 4.90 Å². The zero-order valence-electron chi connectivity index (χ0n) is 20.1. The number of anilines is 1. The number of aryl methyl sites for hydroxylation is 1. The van der Waals surface area contributed by atoms with Gasteiger partial charge in [-0.2, -0.15) is 0 Å². The quantitative estimate of drug-likeness (QED) is 0.541. The number of carbonyl (C=O) groups is 2. The molecule has 0 saturated carbocycles. The van der Waals surface area contributed by atoms with E-state index in [2.05, 4.69) is 5.32 Å². The van der Waals surface area contributed by atoms with Gasteiger partial charge in [-0.1, -0.05) is 61.9 Å². The number of hydrogen-bond donors (Lipinski definition) is 1. The van der Waals surface area contributed by atoms with Gasteiger partial charge in [0, 0.05) is 12.6 Å². The molecule has 2 amide bonds. The van der Waals surface area contributed by atoms with Crippen molar-refractivity contribution in [3.63, 3.8) is 0 Å². The topological polar surface area (TPSA) is 86.8 Å². The van der Waals surface area contributed by atoms with Gasteiger partial charge in [0.1, 0.15) is 12.6 Å². The number of sulfonamides is 1. The molecule has 2 aromatic carbocycles. The number of carbonyl (C=O) groups excluding carboxylic acids is 2. The van der Waals surface area contributed by atoms with Crippen LogP contribution >= 0.6 is 0 Å². The molecule has 0 saturated heterocycles. The maximum absolute atomic E-state index is 13.5. The van der Waals surface area contributed by atoms with Gasteiger partial charge in [-0.05, 0) is 44.4 Å². The predicted octanol–water partition coefficient (Wildman–Crippen LogP) is 3.48. The van der Waals surface area contributed by atoms with Crippen molar-refractivity contribution in [3.05, 3.63) is 65.7 Å². The van der Waals surface area contributed by atoms with Gasteiger partial charge in [0.15, 0.2) is 0 Å². The number of amides is 2. The predicted molar refractivity (Wildman–Crippen MR) is 132 cm³/mol. The molecule has 33 heavy (non-hydrogen) atoms. The minimum absolute atomic E-state index is 0.0275. The molecule has 0 bridgehead atoms. The van der Waals surface area contributed by atoms with Gasteiger partial charge in [-0.3, -0.25) is 13.9 Å². The van der Waals surface area contributed by atoms with E-state index in [4.69, 9.17) is 0 Å². The molecule has 2 aromatic rings. The van der Waals surface area contributed by atoms with Crippen molar-refractivity contribution in [1.29, 1.82) is 0 Å². The summed E-state index contributed by atoms with van der Waals surface area (Å²) in [5, 5.41) is 2.96. The Morgan fingerprint density at radius 3 is 2.09 bits per heavy atom. The van der Waals surface area contributed by atoms with Gasteiger partial charge in [0.05, 0.1) is 11.9 Å². The highest BCUT2D eigenvalue weighted by Crippen LogP contribution is 2.20. The average Bonchev–Trinajstić information content (AvgIpc) is 2.77. The third-order valence-electron chi connectivity index (χ3n) is 5.58. The van der Waals surface area contributed by atoms with Crippen molar-refractivity contribution in [2.24, 2.45) is 0 Å². The summed E-state index contributed by atoms with van der Waals surface area (Å²) >= 11 is 0. The number of nitrogens with one attached hydrogen (secondary N) is 1. The Bertz CT molecular complexity index is 1020. The normalized spacial score (nSPS) is 13.1. The van der Waals surface area contributed by atoms with E-state index in [0.717, 1.165) is 28.1 Å². The number of nitrogens with zero attached hydrogens (tertiary/aromatic N) is 2. The van der Waals surface area contributed by atoms with Crippen LogP contribution in [0.3, 0.4) is 0 Å². The molecule has 180 valence electrons. The van der Waals surface area contributed by atoms with E-state index in [0.29, 0.717) is 12.1 Å². The first kappa shape index (κ1) is 26.4. The van der Waals surface area contributed by atoms with Gasteiger partial charge < -0.3 is 10.2 Å². The lowest BCUT2D eigenvalue weighted by molar-refractivity contribution is -0.140. The summed E-state index contributed by atoms with van der Waals surface area (Å²) in [4.78, 5) is 28.1. The molecule has 0 aliphatic carbocycles. The lowest BCUT2D eigenvalue weighted by Gasteiger charge is -2.33. The molecule has 8 heteroatoms. The van der Waals surface area contributed by atoms with Crippen molar-refractivity contribution >= 4 is 27.5 Å². The molecule has 2 atom stereocenters. The Morgan fingerprint density at radius 2 is 1.58 bits per heavy atom. The first-order valence-corrected chi connectivity index (χ1v) is 13.1. The van der Waals surface area contributed by atoms with Crippen LogP contribution in [-0.4, -0.2) is 50.0 Å². The van der Waals surface area contributed by atoms with Crippen LogP contribution < -0.4 is 9.62 Å². The summed E-state index contributed by atoms with van der Waals surface area (Å²) in [5.74, 6) is -0.673. The molecule has 2 rings (SSSR count). The van der Waals surface area contributed by atoms with Gasteiger partial charge in [-0.15, -0.1) is 0 Å². The summed E-state index contributed by atoms with van der Waals surface area (Å²) in [5.41, 5.74) is 2.26. The summed E-state index contributed by atoms with van der Waals surface area (Å²) in [6.45, 7) is 7.46. The fourth-order valence-corrected chi connectivity index (χ4v) is 4.32. The summed E-state index contributed by atoms with van der Waals surface area (Å²) in [6, 6.07) is 15.6. The van der Waals surface area contributed by atoms with Crippen LogP contribution in [-0.2, 0) is 26.2 Å². The van der Waals surface area contributed by atoms with Crippen molar-refractivity contribution in [2.45, 2.75) is 59.2 Å². The zero-order valence-corrected chi connectivity index (χ0v) is 20.9. The Hall–Kier alpha value is -2.87. The van der Waals surface area contributed by atoms with Crippen LogP contribution in [0.1, 0.15) is 44.7 Å². The molecule has 0 spiro atoms. The van der Waals surface area contributed by atoms with Crippen molar-refractivity contribution in [2.75, 3.05) is 17.1 Å². The lowest BCUT2D eigenvalue weighted by atomic mass is 10.1. The molecule has 0 unspecified atom stereocenters. The third-order valence-corrected chi connectivity index (χ3v) is 6.72. The molecule has 0 heterocycles. The van der Waals surface area contributed by atoms with Gasteiger partial charge >= 0.3 is 0 Å². The van der Waals surface area contributed by atoms with E-state index in [1.807, 2.05) is 58.0 Å². The van der Waals surface area contributed by atoms with Gasteiger partial charge in [-0.25, -0.2) is 8.42 Å². The Balaban J connectivity index is 2.39. The molecule has 0 aromatic heterocycles. The fraction of sp³-hybridized carbons (Fsp3) is 0.440. The van der Waals surface area contributed by atoms with Crippen molar-refractivity contribution in [1.82, 2.24) is 10.2 Å². The first-order valence-electron chi connectivity index (χ1n) is 11.2. The second kappa shape index (κ2) is 11.8. The smallest absolute Gasteiger partial charge is 0.244 e. The standard InChI is InChI=1S/C25H35N3O4S/c1-6-20(4)26-25(30)23(7-2)27(17-21-11-9-8-10-12-21)24(29)18-28(33(5,31)32)22-15-13-19(3)14-16-22/h8-16,20,23H,6-7,17-18H2,1-5H3,(H,26,30)/t20-,23-/m1/s1. The maximum atomic E-state index is 13.5. The fourth-order valence-electron chi connectivity index (χ4n) is 3.47. The molecular formula is C25H35N3O4S. The summed E-state index contributed by atoms with van der Waals surface area (Å²) < 4.78 is 26.2. The zero-order chi connectivity index (χ0) is 24.6. The Morgan fingerprint density at radius 1 is 0.970 bits per heavy atom. The average molecular weight is 474 g/mol. The second-order valence-corrected chi connectivity index (χ2v) is 10.3. The molecule has 1 N–H and O–H groups in total. The van der Waals surface area contributed by atoms with Crippen LogP contribution in [0.2, 0.25) is 0 Å². The van der Waals surface area contributed by atoms with Gasteiger partial charge in [0.2, 0.25) is 21.8 Å². The van der Waals surface area contributed by atoms with E-state index >= 15 is 0 Å². The summed E-state index contributed by atoms with van der Waals surface area (Å²) in [7, 11) is -3.72. The van der Waals surface area contributed by atoms with Gasteiger partial charge in [0.25, 0.3) is 0 Å². The number of hydrogen-bond acceptors (Lipinski definition) is 4. The minimum atomic E-state index is -3.72. The molecular weight excluding hydrogens is 438 g/mol. The lowest BCUT2D eigenvalue weighted by Crippen LogP contribution is -2.53. The number of benzene rings is 2. The number of rotatable bonds is 11. The summed E-state index contributed by atoms with van der Waals surface area (Å²) in [6.07, 6.45) is 2.25. The minimum Gasteiger partial charge on any atom is -0.352 e. The SMILES string of the molecule is CC[C@@H](C)NC(=O)[C@@H](CC)N(Cc1ccccc1)C(=O)CN(c1ccc(C)cc1)S(C)(=O)=O. The Kier molecular flexibility index (Phi) is 9.46. The van der Waals surface area contributed by atoms with Crippen LogP contribution in [0.5, 0.6) is 0 Å². The molecule has 7 nitrogen and oxygen atoms in total. The van der Waals surface area contributed by atoms with E-state index in [9.17, 15) is 18.0 Å². The first-order chi connectivity index (χ1) is 15.6. The van der Waals surface area contributed by atoms with E-state index in [-0.39, 0.29) is 25.0 Å². The Labute approximate surface area is 197 Å². The van der Waals surface area contributed by atoms with Crippen molar-refractivity contribution < 1.29 is 18.0 Å². The molecule has 0 fully saturated rings. The third kappa shape index (κ3) is 7.60. The van der Waals surface area contributed by atoms with E-state index in [1.54, 1.807) is 24.3 Å². The molecule has 0 aliphatic heterocycles. The van der Waals surface area contributed by atoms with Crippen LogP contribution in [0.25, 0.3) is 0 Å². The highest BCUT2D eigenvalue weighted by Gasteiger charge is 2.32. The molecule has 0 aliphatic rings. The maximum Gasteiger partial charge on any atom is 0.244 e. The molecule has 0 radical (unpaired) electrons. The van der Waals surface area contributed by atoms with Crippen LogP contribution in [0.4, 0.5) is 5.69 Å². The van der Waals surface area contributed by atoms with Crippen LogP contribution in [0.15, 0.2) is 54.6 Å². The van der Waals surface area contributed by atoms with Crippen molar-refractivity contribution in [3.8, 4) is 0 Å². The monoisotopic (exact) mass is 473 g/mol. The largest absolute Gasteiger partial charge is 0.352 e.